The summed E-state index contributed by atoms with van der Waals surface area (Å²) in [5.74, 6) is 2.11. The van der Waals surface area contributed by atoms with E-state index in [4.69, 9.17) is 5.73 Å². The second-order valence-electron chi connectivity index (χ2n) is 4.57. The molecule has 1 saturated carbocycles. The van der Waals surface area contributed by atoms with Gasteiger partial charge >= 0.3 is 0 Å². The van der Waals surface area contributed by atoms with E-state index in [-0.39, 0.29) is 0 Å². The molecule has 86 valence electrons. The van der Waals surface area contributed by atoms with Crippen molar-refractivity contribution in [3.05, 3.63) is 10.8 Å². The van der Waals surface area contributed by atoms with Crippen LogP contribution in [0.25, 0.3) is 4.96 Å². The van der Waals surface area contributed by atoms with Crippen LogP contribution in [0.2, 0.25) is 0 Å². The molecule has 2 aromatic rings. The Morgan fingerprint density at radius 2 is 2.31 bits per heavy atom. The molecule has 1 unspecified atom stereocenters. The highest BCUT2D eigenvalue weighted by molar-refractivity contribution is 7.16. The fourth-order valence-corrected chi connectivity index (χ4v) is 2.74. The van der Waals surface area contributed by atoms with E-state index in [1.54, 1.807) is 11.3 Å². The molecule has 1 aliphatic carbocycles. The van der Waals surface area contributed by atoms with Gasteiger partial charge in [0.15, 0.2) is 5.82 Å². The maximum absolute atomic E-state index is 5.62. The molecule has 2 N–H and O–H groups in total. The van der Waals surface area contributed by atoms with E-state index >= 15 is 0 Å². The Morgan fingerprint density at radius 3 is 3.00 bits per heavy atom. The first kappa shape index (κ1) is 10.2. The Hall–Kier alpha value is -1.01. The molecule has 1 atom stereocenters. The van der Waals surface area contributed by atoms with E-state index in [0.29, 0.717) is 18.4 Å². The SMILES string of the molecule is CC(CN)Cc1nn2c(C3CC3)nnc2s1. The molecule has 6 heteroatoms. The van der Waals surface area contributed by atoms with Crippen molar-refractivity contribution in [3.8, 4) is 0 Å². The molecule has 1 aliphatic rings. The first-order chi connectivity index (χ1) is 7.78. The number of aromatic nitrogens is 4. The van der Waals surface area contributed by atoms with E-state index in [1.165, 1.54) is 12.8 Å². The fraction of sp³-hybridized carbons (Fsp3) is 0.700. The van der Waals surface area contributed by atoms with Crippen molar-refractivity contribution in [2.24, 2.45) is 11.7 Å². The van der Waals surface area contributed by atoms with Crippen molar-refractivity contribution >= 4 is 16.3 Å². The lowest BCUT2D eigenvalue weighted by Crippen LogP contribution is -2.13. The van der Waals surface area contributed by atoms with Crippen molar-refractivity contribution in [3.63, 3.8) is 0 Å². The summed E-state index contributed by atoms with van der Waals surface area (Å²) < 4.78 is 1.92. The Bertz CT molecular complexity index is 498. The minimum Gasteiger partial charge on any atom is -0.330 e. The van der Waals surface area contributed by atoms with Crippen molar-refractivity contribution in [2.45, 2.75) is 32.1 Å². The third kappa shape index (κ3) is 1.72. The molecular formula is C10H15N5S. The standard InChI is InChI=1S/C10H15N5S/c1-6(5-11)4-8-14-15-9(7-2-3-7)12-13-10(15)16-8/h6-7H,2-5,11H2,1H3. The molecule has 0 amide bonds. The Balaban J connectivity index is 1.90. The minimum atomic E-state index is 0.480. The van der Waals surface area contributed by atoms with Crippen LogP contribution in [-0.4, -0.2) is 26.4 Å². The monoisotopic (exact) mass is 237 g/mol. The number of nitrogens with two attached hydrogens (primary N) is 1. The molecule has 16 heavy (non-hydrogen) atoms. The van der Waals surface area contributed by atoms with E-state index in [0.717, 1.165) is 22.2 Å². The number of fused-ring (bicyclic) bond motifs is 1. The van der Waals surface area contributed by atoms with Gasteiger partial charge in [-0.05, 0) is 25.3 Å². The van der Waals surface area contributed by atoms with Gasteiger partial charge in [0.1, 0.15) is 5.01 Å². The molecule has 0 spiro atoms. The summed E-state index contributed by atoms with van der Waals surface area (Å²) in [7, 11) is 0. The summed E-state index contributed by atoms with van der Waals surface area (Å²) in [6.45, 7) is 2.85. The van der Waals surface area contributed by atoms with Gasteiger partial charge in [-0.25, -0.2) is 0 Å². The molecular weight excluding hydrogens is 222 g/mol. The quantitative estimate of drug-likeness (QED) is 0.867. The molecule has 0 aromatic carbocycles. The average Bonchev–Trinajstić information content (AvgIpc) is 2.92. The van der Waals surface area contributed by atoms with E-state index in [1.807, 2.05) is 4.52 Å². The summed E-state index contributed by atoms with van der Waals surface area (Å²) in [5, 5.41) is 14.1. The molecule has 0 bridgehead atoms. The highest BCUT2D eigenvalue weighted by Gasteiger charge is 2.30. The molecule has 2 heterocycles. The highest BCUT2D eigenvalue weighted by Crippen LogP contribution is 2.39. The van der Waals surface area contributed by atoms with E-state index in [2.05, 4.69) is 22.2 Å². The summed E-state index contributed by atoms with van der Waals surface area (Å²) in [5.41, 5.74) is 5.62. The van der Waals surface area contributed by atoms with Crippen LogP contribution in [0, 0.1) is 5.92 Å². The molecule has 0 saturated heterocycles. The van der Waals surface area contributed by atoms with Crippen LogP contribution in [0.1, 0.15) is 36.5 Å². The van der Waals surface area contributed by atoms with Crippen LogP contribution in [0.4, 0.5) is 0 Å². The Morgan fingerprint density at radius 1 is 1.50 bits per heavy atom. The van der Waals surface area contributed by atoms with Gasteiger partial charge in [0.2, 0.25) is 4.96 Å². The maximum atomic E-state index is 5.62. The van der Waals surface area contributed by atoms with Gasteiger partial charge in [-0.3, -0.25) is 0 Å². The van der Waals surface area contributed by atoms with Crippen molar-refractivity contribution < 1.29 is 0 Å². The van der Waals surface area contributed by atoms with Crippen LogP contribution in [0.3, 0.4) is 0 Å². The smallest absolute Gasteiger partial charge is 0.234 e. The van der Waals surface area contributed by atoms with Crippen molar-refractivity contribution in [2.75, 3.05) is 6.54 Å². The Kier molecular flexibility index (Phi) is 2.40. The van der Waals surface area contributed by atoms with Gasteiger partial charge in [-0.2, -0.15) is 9.61 Å². The summed E-state index contributed by atoms with van der Waals surface area (Å²) in [4.78, 5) is 0.918. The van der Waals surface area contributed by atoms with Crippen molar-refractivity contribution in [1.82, 2.24) is 19.8 Å². The molecule has 0 aliphatic heterocycles. The average molecular weight is 237 g/mol. The first-order valence-electron chi connectivity index (χ1n) is 5.69. The molecule has 1 fully saturated rings. The zero-order chi connectivity index (χ0) is 11.1. The van der Waals surface area contributed by atoms with Gasteiger partial charge in [-0.1, -0.05) is 18.3 Å². The predicted molar refractivity (Wildman–Crippen MR) is 62.6 cm³/mol. The van der Waals surface area contributed by atoms with Crippen LogP contribution >= 0.6 is 11.3 Å². The van der Waals surface area contributed by atoms with Crippen LogP contribution in [-0.2, 0) is 6.42 Å². The lowest BCUT2D eigenvalue weighted by molar-refractivity contribution is 0.585. The third-order valence-electron chi connectivity index (χ3n) is 2.92. The van der Waals surface area contributed by atoms with Crippen molar-refractivity contribution in [1.29, 1.82) is 0 Å². The number of rotatable bonds is 4. The normalized spacial score (nSPS) is 18.1. The fourth-order valence-electron chi connectivity index (χ4n) is 1.73. The number of nitrogens with zero attached hydrogens (tertiary/aromatic N) is 4. The van der Waals surface area contributed by atoms with Gasteiger partial charge < -0.3 is 5.73 Å². The van der Waals surface area contributed by atoms with E-state index < -0.39 is 0 Å². The molecule has 5 nitrogen and oxygen atoms in total. The molecule has 3 rings (SSSR count). The van der Waals surface area contributed by atoms with Gasteiger partial charge in [0.05, 0.1) is 0 Å². The van der Waals surface area contributed by atoms with Crippen LogP contribution in [0.15, 0.2) is 0 Å². The Labute approximate surface area is 97.7 Å². The minimum absolute atomic E-state index is 0.480. The lowest BCUT2D eigenvalue weighted by atomic mass is 10.1. The maximum Gasteiger partial charge on any atom is 0.234 e. The predicted octanol–water partition coefficient (Wildman–Crippen LogP) is 1.20. The van der Waals surface area contributed by atoms with Gasteiger partial charge in [0.25, 0.3) is 0 Å². The zero-order valence-electron chi connectivity index (χ0n) is 9.26. The summed E-state index contributed by atoms with van der Waals surface area (Å²) >= 11 is 1.63. The highest BCUT2D eigenvalue weighted by atomic mass is 32.1. The zero-order valence-corrected chi connectivity index (χ0v) is 10.1. The largest absolute Gasteiger partial charge is 0.330 e. The molecule has 0 radical (unpaired) electrons. The second-order valence-corrected chi connectivity index (χ2v) is 5.61. The third-order valence-corrected chi connectivity index (χ3v) is 3.85. The lowest BCUT2D eigenvalue weighted by Gasteiger charge is -2.03. The topological polar surface area (TPSA) is 69.1 Å². The van der Waals surface area contributed by atoms with Gasteiger partial charge in [-0.15, -0.1) is 10.2 Å². The van der Waals surface area contributed by atoms with Crippen LogP contribution in [0.5, 0.6) is 0 Å². The molecule has 2 aromatic heterocycles. The number of hydrogen-bond donors (Lipinski definition) is 1. The van der Waals surface area contributed by atoms with Gasteiger partial charge in [0, 0.05) is 12.3 Å². The summed E-state index contributed by atoms with van der Waals surface area (Å²) in [6.07, 6.45) is 3.40. The first-order valence-corrected chi connectivity index (χ1v) is 6.50. The summed E-state index contributed by atoms with van der Waals surface area (Å²) in [6, 6.07) is 0. The second kappa shape index (κ2) is 3.78. The van der Waals surface area contributed by atoms with Crippen LogP contribution < -0.4 is 5.73 Å². The van der Waals surface area contributed by atoms with E-state index in [9.17, 15) is 0 Å². The number of hydrogen-bond acceptors (Lipinski definition) is 5.